The van der Waals surface area contributed by atoms with E-state index in [2.05, 4.69) is 15.6 Å². The van der Waals surface area contributed by atoms with Gasteiger partial charge in [0.05, 0.1) is 5.56 Å². The third-order valence-corrected chi connectivity index (χ3v) is 4.51. The van der Waals surface area contributed by atoms with Crippen LogP contribution in [-0.4, -0.2) is 39.7 Å². The van der Waals surface area contributed by atoms with Gasteiger partial charge in [0.25, 0.3) is 0 Å². The molecular weight excluding hydrogens is 398 g/mol. The molecule has 3 rings (SSSR count). The Labute approximate surface area is 179 Å². The lowest BCUT2D eigenvalue weighted by molar-refractivity contribution is -0.118. The maximum Gasteiger partial charge on any atom is 0.408 e. The minimum Gasteiger partial charge on any atom is -0.478 e. The monoisotopic (exact) mass is 423 g/mol. The lowest BCUT2D eigenvalue weighted by atomic mass is 10.0. The summed E-state index contributed by atoms with van der Waals surface area (Å²) in [6.07, 6.45) is 1.35. The molecule has 3 aromatic rings. The molecule has 0 unspecified atom stereocenters. The summed E-state index contributed by atoms with van der Waals surface area (Å²) >= 11 is 0. The zero-order valence-corrected chi connectivity index (χ0v) is 17.6. The number of carboxylic acid groups (broad SMARTS) is 1. The number of aromatic nitrogens is 1. The van der Waals surface area contributed by atoms with Crippen LogP contribution in [0.25, 0.3) is 10.9 Å². The smallest absolute Gasteiger partial charge is 0.408 e. The Morgan fingerprint density at radius 3 is 2.39 bits per heavy atom. The number of para-hydroxylation sites is 1. The second-order valence-electron chi connectivity index (χ2n) is 8.13. The molecule has 162 valence electrons. The number of anilines is 1. The number of aromatic amines is 1. The number of aromatic carboxylic acids is 1. The number of ether oxygens (including phenoxy) is 1. The van der Waals surface area contributed by atoms with Crippen LogP contribution >= 0.6 is 0 Å². The summed E-state index contributed by atoms with van der Waals surface area (Å²) in [5, 5.41) is 15.3. The first-order valence-corrected chi connectivity index (χ1v) is 9.81. The number of alkyl carbamates (subject to hydrolysis) is 1. The molecule has 1 atom stereocenters. The summed E-state index contributed by atoms with van der Waals surface area (Å²) in [7, 11) is 0. The highest BCUT2D eigenvalue weighted by Gasteiger charge is 2.26. The number of amides is 2. The third-order valence-electron chi connectivity index (χ3n) is 4.51. The molecule has 8 heteroatoms. The molecule has 2 aromatic carbocycles. The minimum atomic E-state index is -1.05. The third kappa shape index (κ3) is 5.85. The molecule has 0 fully saturated rings. The summed E-state index contributed by atoms with van der Waals surface area (Å²) in [5.41, 5.74) is 1.62. The fourth-order valence-corrected chi connectivity index (χ4v) is 3.11. The van der Waals surface area contributed by atoms with E-state index in [1.165, 1.54) is 24.3 Å². The number of rotatable bonds is 6. The van der Waals surface area contributed by atoms with Crippen LogP contribution in [0.1, 0.15) is 36.7 Å². The maximum atomic E-state index is 13.0. The number of carbonyl (C=O) groups is 3. The number of carboxylic acids is 1. The van der Waals surface area contributed by atoms with Gasteiger partial charge in [-0.1, -0.05) is 18.2 Å². The van der Waals surface area contributed by atoms with Gasteiger partial charge >= 0.3 is 12.1 Å². The van der Waals surface area contributed by atoms with Crippen LogP contribution in [0.3, 0.4) is 0 Å². The Balaban J connectivity index is 1.80. The molecule has 8 nitrogen and oxygen atoms in total. The molecule has 0 saturated heterocycles. The van der Waals surface area contributed by atoms with Crippen molar-refractivity contribution in [2.45, 2.75) is 38.8 Å². The van der Waals surface area contributed by atoms with Crippen molar-refractivity contribution < 1.29 is 24.2 Å². The number of H-pyrrole nitrogens is 1. The maximum absolute atomic E-state index is 13.0. The fourth-order valence-electron chi connectivity index (χ4n) is 3.11. The van der Waals surface area contributed by atoms with Crippen LogP contribution < -0.4 is 10.6 Å². The highest BCUT2D eigenvalue weighted by Crippen LogP contribution is 2.20. The second kappa shape index (κ2) is 8.91. The lowest BCUT2D eigenvalue weighted by Gasteiger charge is -2.23. The fraction of sp³-hybridized carbons (Fsp3) is 0.261. The zero-order chi connectivity index (χ0) is 22.6. The first kappa shape index (κ1) is 21.9. The Hall–Kier alpha value is -3.81. The molecule has 1 heterocycles. The van der Waals surface area contributed by atoms with Gasteiger partial charge in [-0.15, -0.1) is 0 Å². The van der Waals surface area contributed by atoms with Crippen molar-refractivity contribution >= 4 is 34.6 Å². The van der Waals surface area contributed by atoms with Crippen LogP contribution in [0.5, 0.6) is 0 Å². The van der Waals surface area contributed by atoms with Crippen LogP contribution in [0.2, 0.25) is 0 Å². The van der Waals surface area contributed by atoms with Crippen molar-refractivity contribution in [3.63, 3.8) is 0 Å². The number of carbonyl (C=O) groups excluding carboxylic acids is 2. The van der Waals surface area contributed by atoms with E-state index in [1.807, 2.05) is 30.5 Å². The van der Waals surface area contributed by atoms with E-state index in [9.17, 15) is 14.4 Å². The highest BCUT2D eigenvalue weighted by molar-refractivity contribution is 5.98. The van der Waals surface area contributed by atoms with Crippen LogP contribution in [-0.2, 0) is 16.0 Å². The molecule has 0 aliphatic carbocycles. The van der Waals surface area contributed by atoms with Gasteiger partial charge in [-0.2, -0.15) is 0 Å². The van der Waals surface area contributed by atoms with Crippen molar-refractivity contribution in [2.75, 3.05) is 5.32 Å². The number of fused-ring (bicyclic) bond motifs is 1. The largest absolute Gasteiger partial charge is 0.478 e. The Kier molecular flexibility index (Phi) is 6.29. The van der Waals surface area contributed by atoms with Gasteiger partial charge in [-0.3, -0.25) is 4.79 Å². The first-order valence-electron chi connectivity index (χ1n) is 9.81. The predicted molar refractivity (Wildman–Crippen MR) is 117 cm³/mol. The summed E-state index contributed by atoms with van der Waals surface area (Å²) < 4.78 is 5.31. The predicted octanol–water partition coefficient (Wildman–Crippen LogP) is 3.94. The van der Waals surface area contributed by atoms with Crippen molar-refractivity contribution in [1.82, 2.24) is 10.3 Å². The topological polar surface area (TPSA) is 121 Å². The second-order valence-corrected chi connectivity index (χ2v) is 8.13. The van der Waals surface area contributed by atoms with E-state index in [-0.39, 0.29) is 12.0 Å². The molecule has 0 radical (unpaired) electrons. The van der Waals surface area contributed by atoms with Crippen LogP contribution in [0.4, 0.5) is 10.5 Å². The van der Waals surface area contributed by atoms with Gasteiger partial charge in [-0.05, 0) is 56.7 Å². The van der Waals surface area contributed by atoms with Crippen LogP contribution in [0, 0.1) is 0 Å². The molecule has 0 bridgehead atoms. The summed E-state index contributed by atoms with van der Waals surface area (Å²) in [5.74, 6) is -1.50. The van der Waals surface area contributed by atoms with Gasteiger partial charge in [0.2, 0.25) is 5.91 Å². The quantitative estimate of drug-likeness (QED) is 0.479. The average molecular weight is 423 g/mol. The molecule has 0 saturated carbocycles. The first-order chi connectivity index (χ1) is 14.6. The van der Waals surface area contributed by atoms with Gasteiger partial charge < -0.3 is 25.5 Å². The van der Waals surface area contributed by atoms with E-state index < -0.39 is 29.6 Å². The molecule has 1 aromatic heterocycles. The van der Waals surface area contributed by atoms with Gasteiger partial charge in [0.15, 0.2) is 0 Å². The molecule has 0 aliphatic heterocycles. The molecule has 4 N–H and O–H groups in total. The van der Waals surface area contributed by atoms with Gasteiger partial charge in [-0.25, -0.2) is 9.59 Å². The van der Waals surface area contributed by atoms with Crippen LogP contribution in [0.15, 0.2) is 54.7 Å². The Morgan fingerprint density at radius 1 is 1.06 bits per heavy atom. The zero-order valence-electron chi connectivity index (χ0n) is 17.6. The standard InChI is InChI=1S/C23H25N3O5/c1-23(2,3)31-22(30)26-19(12-15-13-24-18-7-5-4-6-17(15)18)20(27)25-16-10-8-14(9-11-16)21(28)29/h4-11,13,19,24H,12H2,1-3H3,(H,25,27)(H,26,30)(H,28,29)/t19-/m0/s1. The number of hydrogen-bond acceptors (Lipinski definition) is 4. The number of nitrogens with one attached hydrogen (secondary N) is 3. The van der Waals surface area contributed by atoms with Crippen molar-refractivity contribution in [3.8, 4) is 0 Å². The summed E-state index contributed by atoms with van der Waals surface area (Å²) in [6.45, 7) is 5.22. The average Bonchev–Trinajstić information content (AvgIpc) is 3.09. The molecule has 0 spiro atoms. The number of benzene rings is 2. The lowest BCUT2D eigenvalue weighted by Crippen LogP contribution is -2.47. The SMILES string of the molecule is CC(C)(C)OC(=O)N[C@@H](Cc1c[nH]c2ccccc12)C(=O)Nc1ccc(C(=O)O)cc1. The van der Waals surface area contributed by atoms with E-state index in [0.29, 0.717) is 5.69 Å². The van der Waals surface area contributed by atoms with Crippen molar-refractivity contribution in [2.24, 2.45) is 0 Å². The highest BCUT2D eigenvalue weighted by atomic mass is 16.6. The van der Waals surface area contributed by atoms with E-state index in [4.69, 9.17) is 9.84 Å². The minimum absolute atomic E-state index is 0.111. The number of hydrogen-bond donors (Lipinski definition) is 4. The normalized spacial score (nSPS) is 12.2. The molecule has 2 amide bonds. The van der Waals surface area contributed by atoms with Crippen molar-refractivity contribution in [1.29, 1.82) is 0 Å². The molecular formula is C23H25N3O5. The van der Waals surface area contributed by atoms with E-state index >= 15 is 0 Å². The van der Waals surface area contributed by atoms with Gasteiger partial charge in [0, 0.05) is 29.2 Å². The molecule has 0 aliphatic rings. The summed E-state index contributed by atoms with van der Waals surface area (Å²) in [4.78, 5) is 39.5. The van der Waals surface area contributed by atoms with E-state index in [0.717, 1.165) is 16.5 Å². The Bertz CT molecular complexity index is 1100. The molecule has 31 heavy (non-hydrogen) atoms. The van der Waals surface area contributed by atoms with Crippen molar-refractivity contribution in [3.05, 3.63) is 65.9 Å². The van der Waals surface area contributed by atoms with Gasteiger partial charge in [0.1, 0.15) is 11.6 Å². The Morgan fingerprint density at radius 2 is 1.74 bits per heavy atom. The summed E-state index contributed by atoms with van der Waals surface area (Å²) in [6, 6.07) is 12.6. The van der Waals surface area contributed by atoms with E-state index in [1.54, 1.807) is 20.8 Å².